The fourth-order valence-corrected chi connectivity index (χ4v) is 4.90. The van der Waals surface area contributed by atoms with Crippen LogP contribution in [0.2, 0.25) is 5.02 Å². The van der Waals surface area contributed by atoms with Crippen molar-refractivity contribution in [2.24, 2.45) is 0 Å². The summed E-state index contributed by atoms with van der Waals surface area (Å²) in [5.41, 5.74) is 3.45. The Morgan fingerprint density at radius 3 is 2.76 bits per heavy atom. The van der Waals surface area contributed by atoms with Crippen molar-refractivity contribution < 1.29 is 9.21 Å². The molecule has 1 fully saturated rings. The van der Waals surface area contributed by atoms with Gasteiger partial charge in [-0.05, 0) is 54.4 Å². The Balaban J connectivity index is 1.18. The average Bonchev–Trinajstić information content (AvgIpc) is 3.58. The highest BCUT2D eigenvalue weighted by Crippen LogP contribution is 2.25. The summed E-state index contributed by atoms with van der Waals surface area (Å²) in [7, 11) is 2.08. The number of rotatable bonds is 8. The molecule has 1 aliphatic rings. The van der Waals surface area contributed by atoms with Crippen molar-refractivity contribution in [1.82, 2.24) is 19.4 Å². The lowest BCUT2D eigenvalue weighted by molar-refractivity contribution is 0.0600. The lowest BCUT2D eigenvalue weighted by Gasteiger charge is -2.34. The summed E-state index contributed by atoms with van der Waals surface area (Å²) in [6.45, 7) is 5.15. The van der Waals surface area contributed by atoms with Gasteiger partial charge in [0.1, 0.15) is 5.58 Å². The van der Waals surface area contributed by atoms with E-state index in [0.29, 0.717) is 41.6 Å². The molecule has 0 atom stereocenters. The van der Waals surface area contributed by atoms with Gasteiger partial charge in [-0.15, -0.1) is 0 Å². The van der Waals surface area contributed by atoms with Gasteiger partial charge in [0.25, 0.3) is 5.91 Å². The van der Waals surface area contributed by atoms with Crippen molar-refractivity contribution in [1.29, 1.82) is 5.26 Å². The summed E-state index contributed by atoms with van der Waals surface area (Å²) < 4.78 is 7.84. The van der Waals surface area contributed by atoms with Crippen LogP contribution < -0.4 is 4.90 Å². The number of hydrogen-bond acceptors (Lipinski definition) is 6. The van der Waals surface area contributed by atoms with Gasteiger partial charge in [-0.2, -0.15) is 5.26 Å². The highest BCUT2D eigenvalue weighted by Gasteiger charge is 2.25. The van der Waals surface area contributed by atoms with Crippen LogP contribution in [0.25, 0.3) is 11.0 Å². The summed E-state index contributed by atoms with van der Waals surface area (Å²) in [5.74, 6) is 0.227. The number of aromatic nitrogens is 2. The van der Waals surface area contributed by atoms with E-state index in [4.69, 9.17) is 16.0 Å². The van der Waals surface area contributed by atoms with Crippen molar-refractivity contribution in [2.45, 2.75) is 19.5 Å². The van der Waals surface area contributed by atoms with Gasteiger partial charge in [0.15, 0.2) is 5.76 Å². The van der Waals surface area contributed by atoms with Crippen LogP contribution >= 0.6 is 11.6 Å². The average molecular weight is 517 g/mol. The fraction of sp³-hybridized carbons (Fsp3) is 0.321. The van der Waals surface area contributed by atoms with Crippen LogP contribution in [0.5, 0.6) is 0 Å². The maximum atomic E-state index is 13.0. The van der Waals surface area contributed by atoms with Gasteiger partial charge >= 0.3 is 0 Å². The Bertz CT molecular complexity index is 1420. The van der Waals surface area contributed by atoms with E-state index in [1.54, 1.807) is 30.5 Å². The van der Waals surface area contributed by atoms with Crippen LogP contribution in [0, 0.1) is 11.3 Å². The SMILES string of the molecule is CN(CCCn1ccnc1)c1ccc(C#N)c(CN2CCN(C(=O)c3cc4cc(Cl)ccc4o3)CC2)c1. The van der Waals surface area contributed by atoms with Gasteiger partial charge in [-0.25, -0.2) is 4.98 Å². The molecule has 4 aromatic rings. The number of halogens is 1. The van der Waals surface area contributed by atoms with Gasteiger partial charge in [0.05, 0.1) is 18.0 Å². The minimum absolute atomic E-state index is 0.107. The molecule has 5 rings (SSSR count). The Morgan fingerprint density at radius 2 is 2.00 bits per heavy atom. The van der Waals surface area contributed by atoms with Crippen molar-refractivity contribution in [2.75, 3.05) is 44.7 Å². The number of carbonyl (C=O) groups is 1. The molecular formula is C28H29ClN6O2. The van der Waals surface area contributed by atoms with E-state index in [2.05, 4.69) is 38.5 Å². The first-order chi connectivity index (χ1) is 18.0. The predicted molar refractivity (Wildman–Crippen MR) is 144 cm³/mol. The Hall–Kier alpha value is -3.80. The quantitative estimate of drug-likeness (QED) is 0.339. The standard InChI is InChI=1S/C28H29ClN6O2/c1-32(8-2-9-34-10-7-31-20-34)25-5-3-21(18-30)23(16-25)19-33-11-13-35(14-12-33)28(36)27-17-22-15-24(29)4-6-26(22)37-27/h3-7,10,15-17,20H,2,8-9,11-14,19H2,1H3. The number of fused-ring (bicyclic) bond motifs is 1. The summed E-state index contributed by atoms with van der Waals surface area (Å²) >= 11 is 6.06. The van der Waals surface area contributed by atoms with Crippen LogP contribution in [0.1, 0.15) is 28.1 Å². The first-order valence-electron chi connectivity index (χ1n) is 12.4. The number of anilines is 1. The summed E-state index contributed by atoms with van der Waals surface area (Å²) in [6, 6.07) is 15.5. The predicted octanol–water partition coefficient (Wildman–Crippen LogP) is 4.64. The first-order valence-corrected chi connectivity index (χ1v) is 12.8. The molecule has 0 radical (unpaired) electrons. The van der Waals surface area contributed by atoms with Gasteiger partial charge in [-0.3, -0.25) is 9.69 Å². The molecule has 1 saturated heterocycles. The van der Waals surface area contributed by atoms with Crippen LogP contribution in [0.3, 0.4) is 0 Å². The number of carbonyl (C=O) groups excluding carboxylic acids is 1. The van der Waals surface area contributed by atoms with Crippen LogP contribution in [0.15, 0.2) is 65.6 Å². The third kappa shape index (κ3) is 5.79. The van der Waals surface area contributed by atoms with Crippen LogP contribution in [-0.4, -0.2) is 65.0 Å². The second-order valence-electron chi connectivity index (χ2n) is 9.39. The van der Waals surface area contributed by atoms with E-state index < -0.39 is 0 Å². The molecule has 0 aliphatic carbocycles. The molecule has 2 aromatic carbocycles. The zero-order chi connectivity index (χ0) is 25.8. The highest BCUT2D eigenvalue weighted by atomic mass is 35.5. The number of hydrogen-bond donors (Lipinski definition) is 0. The molecule has 0 bridgehead atoms. The van der Waals surface area contributed by atoms with E-state index in [0.717, 1.165) is 49.2 Å². The lowest BCUT2D eigenvalue weighted by atomic mass is 10.1. The molecule has 9 heteroatoms. The number of imidazole rings is 1. The number of furan rings is 1. The molecule has 1 aliphatic heterocycles. The molecule has 8 nitrogen and oxygen atoms in total. The number of piperazine rings is 1. The van der Waals surface area contributed by atoms with Crippen LogP contribution in [-0.2, 0) is 13.1 Å². The van der Waals surface area contributed by atoms with E-state index in [9.17, 15) is 10.1 Å². The summed E-state index contributed by atoms with van der Waals surface area (Å²) in [5, 5.41) is 11.1. The lowest BCUT2D eigenvalue weighted by Crippen LogP contribution is -2.48. The van der Waals surface area contributed by atoms with E-state index in [1.807, 2.05) is 29.6 Å². The van der Waals surface area contributed by atoms with E-state index >= 15 is 0 Å². The van der Waals surface area contributed by atoms with Crippen molar-refractivity contribution in [3.05, 3.63) is 83.1 Å². The molecule has 0 spiro atoms. The van der Waals surface area contributed by atoms with Crippen LogP contribution in [0.4, 0.5) is 5.69 Å². The van der Waals surface area contributed by atoms with Gasteiger partial charge in [0.2, 0.25) is 0 Å². The Morgan fingerprint density at radius 1 is 1.16 bits per heavy atom. The molecule has 0 N–H and O–H groups in total. The fourth-order valence-electron chi connectivity index (χ4n) is 4.72. The maximum Gasteiger partial charge on any atom is 0.289 e. The molecule has 37 heavy (non-hydrogen) atoms. The Labute approximate surface area is 221 Å². The molecular weight excluding hydrogens is 488 g/mol. The number of nitrogens with zero attached hydrogens (tertiary/aromatic N) is 6. The normalized spacial score (nSPS) is 14.1. The zero-order valence-electron chi connectivity index (χ0n) is 20.8. The number of nitriles is 1. The smallest absolute Gasteiger partial charge is 0.289 e. The molecule has 3 heterocycles. The highest BCUT2D eigenvalue weighted by molar-refractivity contribution is 6.31. The maximum absolute atomic E-state index is 13.0. The Kier molecular flexibility index (Phi) is 7.45. The topological polar surface area (TPSA) is 81.5 Å². The third-order valence-corrected chi connectivity index (χ3v) is 7.10. The van der Waals surface area contributed by atoms with Gasteiger partial charge < -0.3 is 18.8 Å². The minimum atomic E-state index is -0.107. The van der Waals surface area contributed by atoms with Crippen molar-refractivity contribution in [3.8, 4) is 6.07 Å². The number of aryl methyl sites for hydroxylation is 1. The monoisotopic (exact) mass is 516 g/mol. The summed E-state index contributed by atoms with van der Waals surface area (Å²) in [4.78, 5) is 23.5. The second-order valence-corrected chi connectivity index (χ2v) is 9.83. The minimum Gasteiger partial charge on any atom is -0.451 e. The molecule has 0 saturated carbocycles. The van der Waals surface area contributed by atoms with E-state index in [-0.39, 0.29) is 5.91 Å². The zero-order valence-corrected chi connectivity index (χ0v) is 21.6. The largest absolute Gasteiger partial charge is 0.451 e. The summed E-state index contributed by atoms with van der Waals surface area (Å²) in [6.07, 6.45) is 6.59. The molecule has 190 valence electrons. The molecule has 2 aromatic heterocycles. The second kappa shape index (κ2) is 11.1. The molecule has 0 unspecified atom stereocenters. The van der Waals surface area contributed by atoms with Gasteiger partial charge in [0, 0.05) is 81.4 Å². The van der Waals surface area contributed by atoms with Crippen molar-refractivity contribution in [3.63, 3.8) is 0 Å². The van der Waals surface area contributed by atoms with Crippen molar-refractivity contribution >= 4 is 34.2 Å². The number of amides is 1. The first kappa shape index (κ1) is 24.9. The third-order valence-electron chi connectivity index (χ3n) is 6.86. The van der Waals surface area contributed by atoms with E-state index in [1.165, 1.54) is 0 Å². The van der Waals surface area contributed by atoms with Gasteiger partial charge in [-0.1, -0.05) is 11.6 Å². The number of benzene rings is 2. The molecule has 1 amide bonds.